The van der Waals surface area contributed by atoms with Gasteiger partial charge in [0.2, 0.25) is 5.82 Å². The number of thioether (sulfide) groups is 1. The van der Waals surface area contributed by atoms with Crippen molar-refractivity contribution in [3.05, 3.63) is 69.3 Å². The number of aromatic nitrogens is 2. The molecule has 148 valence electrons. The zero-order valence-corrected chi connectivity index (χ0v) is 15.0. The highest BCUT2D eigenvalue weighted by molar-refractivity contribution is 7.98. The molecule has 2 aromatic carbocycles. The standard InChI is InChI=1S/C18H13F5N2O2S/c19-12-10(13(20)15(22)16(23)14(12)21)8-28-18-24-11-5-2-1-4-9(11)17(27)25(18)6-3-7-26/h1-2,4-5,26H,3,6-8H2. The van der Waals surface area contributed by atoms with E-state index >= 15 is 0 Å². The molecule has 0 amide bonds. The number of fused-ring (bicyclic) bond motifs is 1. The first-order valence-corrected chi connectivity index (χ1v) is 9.09. The number of rotatable bonds is 6. The summed E-state index contributed by atoms with van der Waals surface area (Å²) in [5.74, 6) is -10.8. The van der Waals surface area contributed by atoms with Crippen molar-refractivity contribution in [2.75, 3.05) is 6.61 Å². The molecule has 0 radical (unpaired) electrons. The van der Waals surface area contributed by atoms with Crippen LogP contribution in [0.5, 0.6) is 0 Å². The van der Waals surface area contributed by atoms with E-state index in [-0.39, 0.29) is 24.7 Å². The molecule has 0 unspecified atom stereocenters. The van der Waals surface area contributed by atoms with Crippen molar-refractivity contribution >= 4 is 22.7 Å². The fourth-order valence-corrected chi connectivity index (χ4v) is 3.62. The third-order valence-electron chi connectivity index (χ3n) is 4.01. The number of aliphatic hydroxyl groups excluding tert-OH is 1. The van der Waals surface area contributed by atoms with Gasteiger partial charge in [0.1, 0.15) is 0 Å². The number of benzene rings is 2. The minimum atomic E-state index is -2.23. The molecule has 0 fully saturated rings. The third-order valence-corrected chi connectivity index (χ3v) is 5.02. The van der Waals surface area contributed by atoms with Crippen molar-refractivity contribution in [2.24, 2.45) is 0 Å². The Morgan fingerprint density at radius 1 is 0.964 bits per heavy atom. The molecule has 10 heteroatoms. The molecule has 0 atom stereocenters. The van der Waals surface area contributed by atoms with Gasteiger partial charge in [-0.3, -0.25) is 9.36 Å². The molecule has 0 saturated carbocycles. The first-order valence-electron chi connectivity index (χ1n) is 8.10. The van der Waals surface area contributed by atoms with Gasteiger partial charge in [-0.05, 0) is 18.6 Å². The SMILES string of the molecule is O=c1c2ccccc2nc(SCc2c(F)c(F)c(F)c(F)c2F)n1CCCO. The average molecular weight is 416 g/mol. The Kier molecular flexibility index (Phi) is 5.99. The number of aliphatic hydroxyl groups is 1. The highest BCUT2D eigenvalue weighted by atomic mass is 32.2. The summed E-state index contributed by atoms with van der Waals surface area (Å²) in [7, 11) is 0. The van der Waals surface area contributed by atoms with E-state index in [2.05, 4.69) is 4.98 Å². The number of hydrogen-bond donors (Lipinski definition) is 1. The fourth-order valence-electron chi connectivity index (χ4n) is 2.60. The maximum Gasteiger partial charge on any atom is 0.262 e. The monoisotopic (exact) mass is 416 g/mol. The lowest BCUT2D eigenvalue weighted by Crippen LogP contribution is -2.24. The molecular weight excluding hydrogens is 403 g/mol. The molecule has 1 heterocycles. The summed E-state index contributed by atoms with van der Waals surface area (Å²) in [5, 5.41) is 9.38. The zero-order valence-electron chi connectivity index (χ0n) is 14.2. The summed E-state index contributed by atoms with van der Waals surface area (Å²) in [6, 6.07) is 6.41. The summed E-state index contributed by atoms with van der Waals surface area (Å²) in [4.78, 5) is 16.9. The van der Waals surface area contributed by atoms with E-state index in [1.807, 2.05) is 0 Å². The molecule has 1 aromatic heterocycles. The molecule has 3 aromatic rings. The Bertz CT molecular complexity index is 1070. The lowest BCUT2D eigenvalue weighted by atomic mass is 10.2. The first-order chi connectivity index (χ1) is 13.4. The van der Waals surface area contributed by atoms with Gasteiger partial charge in [-0.25, -0.2) is 26.9 Å². The molecule has 0 saturated heterocycles. The van der Waals surface area contributed by atoms with Gasteiger partial charge < -0.3 is 5.11 Å². The van der Waals surface area contributed by atoms with E-state index in [1.54, 1.807) is 24.3 Å². The molecule has 0 aliphatic carbocycles. The summed E-state index contributed by atoms with van der Waals surface area (Å²) < 4.78 is 68.9. The lowest BCUT2D eigenvalue weighted by molar-refractivity contribution is 0.276. The van der Waals surface area contributed by atoms with E-state index in [9.17, 15) is 26.7 Å². The summed E-state index contributed by atoms with van der Waals surface area (Å²) in [5.41, 5.74) is -1.11. The first kappa shape index (κ1) is 20.3. The van der Waals surface area contributed by atoms with Crippen LogP contribution in [0.2, 0.25) is 0 Å². The Labute approximate surface area is 159 Å². The predicted octanol–water partition coefficient (Wildman–Crippen LogP) is 3.77. The normalized spacial score (nSPS) is 11.4. The Balaban J connectivity index is 2.04. The number of para-hydroxylation sites is 1. The van der Waals surface area contributed by atoms with Crippen LogP contribution in [0.25, 0.3) is 10.9 Å². The van der Waals surface area contributed by atoms with Gasteiger partial charge in [0.25, 0.3) is 5.56 Å². The Hall–Kier alpha value is -2.46. The molecule has 0 aliphatic heterocycles. The van der Waals surface area contributed by atoms with Crippen LogP contribution in [0, 0.1) is 29.1 Å². The van der Waals surface area contributed by atoms with Gasteiger partial charge in [0, 0.05) is 24.5 Å². The minimum absolute atomic E-state index is 0.0427. The van der Waals surface area contributed by atoms with E-state index in [0.29, 0.717) is 22.7 Å². The van der Waals surface area contributed by atoms with Gasteiger partial charge in [0.15, 0.2) is 28.4 Å². The zero-order chi connectivity index (χ0) is 20.4. The van der Waals surface area contributed by atoms with Crippen LogP contribution in [-0.4, -0.2) is 21.3 Å². The summed E-state index contributed by atoms with van der Waals surface area (Å²) in [6.45, 7) is -0.131. The van der Waals surface area contributed by atoms with Crippen molar-refractivity contribution < 1.29 is 27.1 Å². The number of halogens is 5. The van der Waals surface area contributed by atoms with Crippen LogP contribution in [0.3, 0.4) is 0 Å². The second-order valence-corrected chi connectivity index (χ2v) is 6.73. The molecule has 4 nitrogen and oxygen atoms in total. The van der Waals surface area contributed by atoms with Gasteiger partial charge in [-0.15, -0.1) is 0 Å². The van der Waals surface area contributed by atoms with Gasteiger partial charge in [0.05, 0.1) is 10.9 Å². The maximum atomic E-state index is 13.9. The molecule has 28 heavy (non-hydrogen) atoms. The van der Waals surface area contributed by atoms with Crippen LogP contribution in [0.1, 0.15) is 12.0 Å². The van der Waals surface area contributed by atoms with E-state index in [1.165, 1.54) is 4.57 Å². The number of nitrogens with zero attached hydrogens (tertiary/aromatic N) is 2. The average Bonchev–Trinajstić information content (AvgIpc) is 2.70. The summed E-state index contributed by atoms with van der Waals surface area (Å²) >= 11 is 0.666. The minimum Gasteiger partial charge on any atom is -0.396 e. The maximum absolute atomic E-state index is 13.9. The summed E-state index contributed by atoms with van der Waals surface area (Å²) in [6.07, 6.45) is 0.218. The molecule has 3 rings (SSSR count). The highest BCUT2D eigenvalue weighted by Crippen LogP contribution is 2.29. The van der Waals surface area contributed by atoms with Crippen LogP contribution in [-0.2, 0) is 12.3 Å². The molecule has 0 spiro atoms. The molecular formula is C18H13F5N2O2S. The van der Waals surface area contributed by atoms with E-state index < -0.39 is 46.0 Å². The quantitative estimate of drug-likeness (QED) is 0.219. The van der Waals surface area contributed by atoms with E-state index in [4.69, 9.17) is 5.11 Å². The third kappa shape index (κ3) is 3.61. The van der Waals surface area contributed by atoms with Gasteiger partial charge in [-0.2, -0.15) is 0 Å². The molecule has 0 aliphatic rings. The van der Waals surface area contributed by atoms with Crippen LogP contribution in [0.4, 0.5) is 22.0 Å². The second kappa shape index (κ2) is 8.27. The highest BCUT2D eigenvalue weighted by Gasteiger charge is 2.26. The Morgan fingerprint density at radius 3 is 2.21 bits per heavy atom. The smallest absolute Gasteiger partial charge is 0.262 e. The van der Waals surface area contributed by atoms with Gasteiger partial charge in [-0.1, -0.05) is 23.9 Å². The van der Waals surface area contributed by atoms with Crippen molar-refractivity contribution in [1.29, 1.82) is 0 Å². The fraction of sp³-hybridized carbons (Fsp3) is 0.222. The second-order valence-electron chi connectivity index (χ2n) is 5.78. The van der Waals surface area contributed by atoms with Crippen LogP contribution >= 0.6 is 11.8 Å². The van der Waals surface area contributed by atoms with Crippen molar-refractivity contribution in [2.45, 2.75) is 23.9 Å². The lowest BCUT2D eigenvalue weighted by Gasteiger charge is -2.13. The van der Waals surface area contributed by atoms with Gasteiger partial charge >= 0.3 is 0 Å². The largest absolute Gasteiger partial charge is 0.396 e. The number of hydrogen-bond acceptors (Lipinski definition) is 4. The molecule has 1 N–H and O–H groups in total. The van der Waals surface area contributed by atoms with Crippen LogP contribution < -0.4 is 5.56 Å². The van der Waals surface area contributed by atoms with Crippen molar-refractivity contribution in [3.63, 3.8) is 0 Å². The van der Waals surface area contributed by atoms with Crippen molar-refractivity contribution in [1.82, 2.24) is 9.55 Å². The Morgan fingerprint density at radius 2 is 1.57 bits per heavy atom. The topological polar surface area (TPSA) is 55.1 Å². The molecule has 0 bridgehead atoms. The predicted molar refractivity (Wildman–Crippen MR) is 93.5 cm³/mol. The van der Waals surface area contributed by atoms with Crippen molar-refractivity contribution in [3.8, 4) is 0 Å². The van der Waals surface area contributed by atoms with E-state index in [0.717, 1.165) is 0 Å². The van der Waals surface area contributed by atoms with Crippen LogP contribution in [0.15, 0.2) is 34.2 Å².